The maximum atomic E-state index is 12.6. The summed E-state index contributed by atoms with van der Waals surface area (Å²) in [6.45, 7) is 3.85. The zero-order chi connectivity index (χ0) is 21.5. The molecule has 30 heavy (non-hydrogen) atoms. The molecule has 5 nitrogen and oxygen atoms in total. The molecule has 1 fully saturated rings. The van der Waals surface area contributed by atoms with Crippen LogP contribution in [0.25, 0.3) is 10.2 Å². The normalized spacial score (nSPS) is 15.4. The quantitative estimate of drug-likeness (QED) is 0.629. The van der Waals surface area contributed by atoms with Crippen LogP contribution in [-0.2, 0) is 0 Å². The Morgan fingerprint density at radius 3 is 2.60 bits per heavy atom. The summed E-state index contributed by atoms with van der Waals surface area (Å²) in [7, 11) is 2.17. The number of aromatic nitrogens is 1. The van der Waals surface area contributed by atoms with Gasteiger partial charge in [-0.15, -0.1) is 0 Å². The number of hydrogen-bond donors (Lipinski definition) is 2. The van der Waals surface area contributed by atoms with Gasteiger partial charge in [-0.05, 0) is 57.1 Å². The standard InChI is InChI=1S/C13H17N3S.C9H10F2O2/c1-16(10-6-8-14-9-7-10)13-15-11-4-2-3-5-12(11)17-13;1-6(12)5-13-7-2-3-8(10)9(11)4-7/h2-5,10,14H,6-9H2,1H3;2-4,6,12H,5H2,1H3. The third-order valence-corrected chi connectivity index (χ3v) is 5.95. The molecule has 1 aromatic heterocycles. The van der Waals surface area contributed by atoms with E-state index in [2.05, 4.69) is 41.5 Å². The van der Waals surface area contributed by atoms with Crippen molar-refractivity contribution in [3.05, 3.63) is 54.1 Å². The topological polar surface area (TPSA) is 57.6 Å². The third-order valence-electron chi connectivity index (χ3n) is 4.82. The van der Waals surface area contributed by atoms with Gasteiger partial charge in [0.15, 0.2) is 16.8 Å². The summed E-state index contributed by atoms with van der Waals surface area (Å²) in [5.41, 5.74) is 1.12. The van der Waals surface area contributed by atoms with Crippen molar-refractivity contribution >= 4 is 26.7 Å². The second kappa shape index (κ2) is 10.7. The highest BCUT2D eigenvalue weighted by Gasteiger charge is 2.20. The summed E-state index contributed by atoms with van der Waals surface area (Å²) in [5, 5.41) is 13.4. The lowest BCUT2D eigenvalue weighted by Crippen LogP contribution is -2.41. The van der Waals surface area contributed by atoms with Crippen LogP contribution in [0.3, 0.4) is 0 Å². The van der Waals surface area contributed by atoms with E-state index in [1.807, 2.05) is 0 Å². The molecule has 0 bridgehead atoms. The SMILES string of the molecule is CC(O)COc1ccc(F)c(F)c1.CN(c1nc2ccccc2s1)C1CCNCC1. The van der Waals surface area contributed by atoms with E-state index < -0.39 is 17.7 Å². The summed E-state index contributed by atoms with van der Waals surface area (Å²) in [6.07, 6.45) is 1.80. The Labute approximate surface area is 179 Å². The molecule has 1 aliphatic heterocycles. The molecule has 1 aliphatic rings. The van der Waals surface area contributed by atoms with Gasteiger partial charge in [0, 0.05) is 19.2 Å². The van der Waals surface area contributed by atoms with Crippen LogP contribution in [-0.4, -0.2) is 49.0 Å². The fourth-order valence-corrected chi connectivity index (χ4v) is 4.14. The summed E-state index contributed by atoms with van der Waals surface area (Å²) in [6, 6.07) is 12.2. The highest BCUT2D eigenvalue weighted by atomic mass is 32.1. The highest BCUT2D eigenvalue weighted by Crippen LogP contribution is 2.30. The van der Waals surface area contributed by atoms with Gasteiger partial charge in [0.2, 0.25) is 0 Å². The Bertz CT molecular complexity index is 912. The monoisotopic (exact) mass is 435 g/mol. The second-order valence-corrected chi connectivity index (χ2v) is 8.30. The summed E-state index contributed by atoms with van der Waals surface area (Å²) >= 11 is 1.79. The number of benzene rings is 2. The number of nitrogens with zero attached hydrogens (tertiary/aromatic N) is 2. The van der Waals surface area contributed by atoms with Crippen molar-refractivity contribution in [2.24, 2.45) is 0 Å². The van der Waals surface area contributed by atoms with Gasteiger partial charge in [0.25, 0.3) is 0 Å². The molecule has 0 radical (unpaired) electrons. The van der Waals surface area contributed by atoms with Crippen molar-refractivity contribution in [1.29, 1.82) is 0 Å². The lowest BCUT2D eigenvalue weighted by atomic mass is 10.1. The first-order valence-corrected chi connectivity index (χ1v) is 10.8. The van der Waals surface area contributed by atoms with Gasteiger partial charge in [-0.1, -0.05) is 23.5 Å². The van der Waals surface area contributed by atoms with E-state index >= 15 is 0 Å². The minimum absolute atomic E-state index is 0.0606. The van der Waals surface area contributed by atoms with Gasteiger partial charge in [0.1, 0.15) is 12.4 Å². The lowest BCUT2D eigenvalue weighted by molar-refractivity contribution is 0.122. The number of anilines is 1. The number of nitrogens with one attached hydrogen (secondary N) is 1. The number of fused-ring (bicyclic) bond motifs is 1. The van der Waals surface area contributed by atoms with E-state index in [0.717, 1.165) is 35.9 Å². The van der Waals surface area contributed by atoms with Crippen LogP contribution in [0.4, 0.5) is 13.9 Å². The van der Waals surface area contributed by atoms with Gasteiger partial charge in [-0.2, -0.15) is 0 Å². The second-order valence-electron chi connectivity index (χ2n) is 7.29. The summed E-state index contributed by atoms with van der Waals surface area (Å²) < 4.78 is 31.2. The van der Waals surface area contributed by atoms with Gasteiger partial charge in [-0.25, -0.2) is 13.8 Å². The molecule has 2 N–H and O–H groups in total. The summed E-state index contributed by atoms with van der Waals surface area (Å²) in [5.74, 6) is -1.66. The predicted molar refractivity (Wildman–Crippen MR) is 117 cm³/mol. The molecule has 1 atom stereocenters. The number of aliphatic hydroxyl groups is 1. The van der Waals surface area contributed by atoms with Crippen molar-refractivity contribution in [3.63, 3.8) is 0 Å². The van der Waals surface area contributed by atoms with E-state index in [1.165, 1.54) is 23.6 Å². The van der Waals surface area contributed by atoms with E-state index in [9.17, 15) is 8.78 Å². The summed E-state index contributed by atoms with van der Waals surface area (Å²) in [4.78, 5) is 7.06. The number of hydrogen-bond acceptors (Lipinski definition) is 6. The molecular formula is C22H27F2N3O2S. The zero-order valence-electron chi connectivity index (χ0n) is 17.1. The molecular weight excluding hydrogens is 408 g/mol. The van der Waals surface area contributed by atoms with Crippen LogP contribution in [0, 0.1) is 11.6 Å². The van der Waals surface area contributed by atoms with Crippen molar-refractivity contribution < 1.29 is 18.6 Å². The van der Waals surface area contributed by atoms with E-state index in [4.69, 9.17) is 14.8 Å². The average Bonchev–Trinajstić information content (AvgIpc) is 3.19. The molecule has 162 valence electrons. The molecule has 1 saturated heterocycles. The van der Waals surface area contributed by atoms with Crippen LogP contribution >= 0.6 is 11.3 Å². The van der Waals surface area contributed by atoms with Gasteiger partial charge < -0.3 is 20.1 Å². The molecule has 1 unspecified atom stereocenters. The van der Waals surface area contributed by atoms with E-state index in [-0.39, 0.29) is 12.4 Å². The van der Waals surface area contributed by atoms with Crippen LogP contribution in [0.2, 0.25) is 0 Å². The molecule has 0 spiro atoms. The Balaban J connectivity index is 0.000000178. The number of piperidine rings is 1. The minimum atomic E-state index is -0.955. The molecule has 2 aromatic carbocycles. The first-order valence-electron chi connectivity index (χ1n) is 9.99. The van der Waals surface area contributed by atoms with Crippen molar-refractivity contribution in [3.8, 4) is 5.75 Å². The maximum absolute atomic E-state index is 12.6. The van der Waals surface area contributed by atoms with E-state index in [0.29, 0.717) is 6.04 Å². The lowest BCUT2D eigenvalue weighted by Gasteiger charge is -2.31. The first-order chi connectivity index (χ1) is 14.4. The Kier molecular flexibility index (Phi) is 7.95. The molecule has 4 rings (SSSR count). The molecule has 0 amide bonds. The fraction of sp³-hybridized carbons (Fsp3) is 0.409. The smallest absolute Gasteiger partial charge is 0.186 e. The number of rotatable bonds is 5. The van der Waals surface area contributed by atoms with Crippen LogP contribution in [0.1, 0.15) is 19.8 Å². The van der Waals surface area contributed by atoms with Crippen molar-refractivity contribution in [2.75, 3.05) is 31.6 Å². The molecule has 3 aromatic rings. The number of aliphatic hydroxyl groups excluding tert-OH is 1. The number of halogens is 2. The Hall–Kier alpha value is -2.29. The highest BCUT2D eigenvalue weighted by molar-refractivity contribution is 7.22. The zero-order valence-corrected chi connectivity index (χ0v) is 18.0. The Morgan fingerprint density at radius 2 is 1.93 bits per heavy atom. The number of para-hydroxylation sites is 1. The molecule has 2 heterocycles. The minimum Gasteiger partial charge on any atom is -0.491 e. The number of thiazole rings is 1. The van der Waals surface area contributed by atoms with Crippen LogP contribution in [0.15, 0.2) is 42.5 Å². The van der Waals surface area contributed by atoms with Crippen LogP contribution < -0.4 is 15.0 Å². The van der Waals surface area contributed by atoms with Crippen molar-refractivity contribution in [2.45, 2.75) is 31.9 Å². The molecule has 0 aliphatic carbocycles. The van der Waals surface area contributed by atoms with Gasteiger partial charge in [0.05, 0.1) is 16.3 Å². The average molecular weight is 436 g/mol. The largest absolute Gasteiger partial charge is 0.491 e. The van der Waals surface area contributed by atoms with E-state index in [1.54, 1.807) is 18.3 Å². The fourth-order valence-electron chi connectivity index (χ4n) is 3.14. The third kappa shape index (κ3) is 6.10. The molecule has 8 heteroatoms. The molecule has 0 saturated carbocycles. The number of ether oxygens (including phenoxy) is 1. The Morgan fingerprint density at radius 1 is 1.20 bits per heavy atom. The van der Waals surface area contributed by atoms with Gasteiger partial charge in [-0.3, -0.25) is 0 Å². The van der Waals surface area contributed by atoms with Gasteiger partial charge >= 0.3 is 0 Å². The van der Waals surface area contributed by atoms with Crippen molar-refractivity contribution in [1.82, 2.24) is 10.3 Å². The predicted octanol–water partition coefficient (Wildman–Crippen LogP) is 4.21. The maximum Gasteiger partial charge on any atom is 0.186 e. The van der Waals surface area contributed by atoms with Crippen LogP contribution in [0.5, 0.6) is 5.75 Å². The first kappa shape index (κ1) is 22.4.